The molecule has 1 aromatic rings. The minimum Gasteiger partial charge on any atom is -0.480 e. The normalized spacial score (nSPS) is 13.2. The number of nitrogens with one attached hydrogen (secondary N) is 1. The monoisotopic (exact) mass is 337 g/mol. The van der Waals surface area contributed by atoms with Crippen LogP contribution in [0.3, 0.4) is 0 Å². The second-order valence-corrected chi connectivity index (χ2v) is 5.90. The Bertz CT molecular complexity index is 557. The predicted molar refractivity (Wildman–Crippen MR) is 85.9 cm³/mol. The summed E-state index contributed by atoms with van der Waals surface area (Å²) in [7, 11) is 0. The van der Waals surface area contributed by atoms with Gasteiger partial charge in [-0.25, -0.2) is 4.79 Å². The quantitative estimate of drug-likeness (QED) is 0.582. The number of hydrogen-bond donors (Lipinski definition) is 3. The van der Waals surface area contributed by atoms with Crippen LogP contribution < -0.4 is 5.32 Å². The van der Waals surface area contributed by atoms with Crippen LogP contribution in [-0.4, -0.2) is 40.2 Å². The van der Waals surface area contributed by atoms with Gasteiger partial charge in [0.1, 0.15) is 18.8 Å². The van der Waals surface area contributed by atoms with Crippen molar-refractivity contribution in [1.82, 2.24) is 5.32 Å². The molecular weight excluding hydrogens is 314 g/mol. The maximum atomic E-state index is 11.8. The minimum absolute atomic E-state index is 0.0237. The molecular formula is C17H23NO6. The van der Waals surface area contributed by atoms with Crippen LogP contribution in [-0.2, 0) is 25.7 Å². The number of carbonyl (C=O) groups excluding carboxylic acids is 2. The Labute approximate surface area is 140 Å². The third kappa shape index (κ3) is 7.23. The van der Waals surface area contributed by atoms with E-state index in [0.717, 1.165) is 5.56 Å². The number of carbonyl (C=O) groups is 3. The maximum absolute atomic E-state index is 11.8. The van der Waals surface area contributed by atoms with Crippen molar-refractivity contribution in [1.29, 1.82) is 0 Å². The molecule has 0 bridgehead atoms. The van der Waals surface area contributed by atoms with Crippen LogP contribution in [0.2, 0.25) is 0 Å². The molecule has 0 fully saturated rings. The molecule has 3 N–H and O–H groups in total. The van der Waals surface area contributed by atoms with Crippen LogP contribution >= 0.6 is 0 Å². The van der Waals surface area contributed by atoms with Gasteiger partial charge >= 0.3 is 11.9 Å². The Balaban J connectivity index is 2.51. The molecule has 1 aromatic carbocycles. The molecule has 7 nitrogen and oxygen atoms in total. The topological polar surface area (TPSA) is 113 Å². The number of benzene rings is 1. The zero-order chi connectivity index (χ0) is 18.1. The minimum atomic E-state index is -1.44. The molecule has 0 saturated carbocycles. The van der Waals surface area contributed by atoms with Crippen molar-refractivity contribution < 1.29 is 29.3 Å². The van der Waals surface area contributed by atoms with Gasteiger partial charge in [-0.15, -0.1) is 0 Å². The lowest BCUT2D eigenvalue weighted by Crippen LogP contribution is -2.46. The first kappa shape index (κ1) is 19.6. The molecule has 24 heavy (non-hydrogen) atoms. The van der Waals surface area contributed by atoms with E-state index in [2.05, 4.69) is 5.32 Å². The molecule has 2 atom stereocenters. The van der Waals surface area contributed by atoms with Crippen molar-refractivity contribution in [3.63, 3.8) is 0 Å². The molecule has 132 valence electrons. The van der Waals surface area contributed by atoms with Gasteiger partial charge in [0.15, 0.2) is 0 Å². The van der Waals surface area contributed by atoms with Gasteiger partial charge in [0.2, 0.25) is 5.91 Å². The summed E-state index contributed by atoms with van der Waals surface area (Å²) < 4.78 is 5.00. The molecule has 0 aromatic heterocycles. The molecule has 0 aliphatic carbocycles. The smallest absolute Gasteiger partial charge is 0.326 e. The van der Waals surface area contributed by atoms with Crippen molar-refractivity contribution in [3.8, 4) is 0 Å². The number of hydrogen-bond acceptors (Lipinski definition) is 5. The van der Waals surface area contributed by atoms with Crippen LogP contribution in [0.4, 0.5) is 0 Å². The van der Waals surface area contributed by atoms with E-state index in [1.165, 1.54) is 0 Å². The number of rotatable bonds is 9. The second kappa shape index (κ2) is 9.67. The van der Waals surface area contributed by atoms with E-state index in [-0.39, 0.29) is 18.9 Å². The first-order valence-electron chi connectivity index (χ1n) is 7.70. The van der Waals surface area contributed by atoms with Crippen LogP contribution in [0, 0.1) is 5.92 Å². The van der Waals surface area contributed by atoms with E-state index < -0.39 is 36.4 Å². The van der Waals surface area contributed by atoms with Gasteiger partial charge in [-0.1, -0.05) is 44.2 Å². The van der Waals surface area contributed by atoms with E-state index in [1.807, 2.05) is 19.9 Å². The molecule has 0 heterocycles. The fourth-order valence-corrected chi connectivity index (χ4v) is 1.99. The fourth-order valence-electron chi connectivity index (χ4n) is 1.99. The highest BCUT2D eigenvalue weighted by molar-refractivity contribution is 5.88. The van der Waals surface area contributed by atoms with Gasteiger partial charge in [-0.05, 0) is 17.9 Å². The summed E-state index contributed by atoms with van der Waals surface area (Å²) in [6.45, 7) is 3.67. The molecule has 0 saturated heterocycles. The Morgan fingerprint density at radius 1 is 1.17 bits per heavy atom. The number of aliphatic hydroxyl groups is 1. The third-order valence-electron chi connectivity index (χ3n) is 3.23. The fraction of sp³-hybridized carbons (Fsp3) is 0.471. The zero-order valence-corrected chi connectivity index (χ0v) is 13.8. The predicted octanol–water partition coefficient (Wildman–Crippen LogP) is 1.10. The maximum Gasteiger partial charge on any atom is 0.326 e. The number of carboxylic acids is 1. The zero-order valence-electron chi connectivity index (χ0n) is 13.8. The number of carboxylic acid groups (broad SMARTS) is 1. The molecule has 1 amide bonds. The summed E-state index contributed by atoms with van der Waals surface area (Å²) in [4.78, 5) is 34.7. The van der Waals surface area contributed by atoms with E-state index in [0.29, 0.717) is 0 Å². The highest BCUT2D eigenvalue weighted by Crippen LogP contribution is 2.07. The lowest BCUT2D eigenvalue weighted by Gasteiger charge is -2.17. The average molecular weight is 337 g/mol. The van der Waals surface area contributed by atoms with Crippen molar-refractivity contribution in [2.45, 2.75) is 45.4 Å². The van der Waals surface area contributed by atoms with E-state index in [1.54, 1.807) is 24.3 Å². The van der Waals surface area contributed by atoms with Gasteiger partial charge in [0.25, 0.3) is 0 Å². The standard InChI is InChI=1S/C17H23NO6/c1-11(2)8-14(19)16(21)18-13(17(22)23)9-15(20)24-10-12-6-4-3-5-7-12/h3-7,11,13-14,19H,8-10H2,1-2H3,(H,18,21)(H,22,23)/t13-,14+/m1/s1. The summed E-state index contributed by atoms with van der Waals surface area (Å²) in [5.74, 6) is -2.85. The molecule has 0 aliphatic rings. The largest absolute Gasteiger partial charge is 0.480 e. The van der Waals surface area contributed by atoms with Crippen molar-refractivity contribution in [3.05, 3.63) is 35.9 Å². The van der Waals surface area contributed by atoms with E-state index >= 15 is 0 Å². The molecule has 0 unspecified atom stereocenters. The number of aliphatic hydroxyl groups excluding tert-OH is 1. The van der Waals surface area contributed by atoms with Crippen LogP contribution in [0.15, 0.2) is 30.3 Å². The highest BCUT2D eigenvalue weighted by atomic mass is 16.5. The third-order valence-corrected chi connectivity index (χ3v) is 3.23. The summed E-state index contributed by atoms with van der Waals surface area (Å²) in [6, 6.07) is 7.50. The summed E-state index contributed by atoms with van der Waals surface area (Å²) in [6.07, 6.45) is -1.62. The molecule has 0 aliphatic heterocycles. The highest BCUT2D eigenvalue weighted by Gasteiger charge is 2.27. The lowest BCUT2D eigenvalue weighted by molar-refractivity contribution is -0.151. The summed E-state index contributed by atoms with van der Waals surface area (Å²) in [5.41, 5.74) is 0.772. The van der Waals surface area contributed by atoms with Crippen molar-refractivity contribution in [2.24, 2.45) is 5.92 Å². The van der Waals surface area contributed by atoms with Gasteiger partial charge in [0, 0.05) is 0 Å². The molecule has 1 rings (SSSR count). The van der Waals surface area contributed by atoms with Crippen LogP contribution in [0.5, 0.6) is 0 Å². The SMILES string of the molecule is CC(C)C[C@H](O)C(=O)N[C@H](CC(=O)OCc1ccccc1)C(=O)O. The number of amides is 1. The Morgan fingerprint density at radius 2 is 1.79 bits per heavy atom. The first-order valence-corrected chi connectivity index (χ1v) is 7.70. The van der Waals surface area contributed by atoms with E-state index in [9.17, 15) is 19.5 Å². The number of aliphatic carboxylic acids is 1. The first-order chi connectivity index (χ1) is 11.3. The Kier molecular flexibility index (Phi) is 7.91. The summed E-state index contributed by atoms with van der Waals surface area (Å²) >= 11 is 0. The van der Waals surface area contributed by atoms with Crippen molar-refractivity contribution in [2.75, 3.05) is 0 Å². The Hall–Kier alpha value is -2.41. The van der Waals surface area contributed by atoms with Crippen LogP contribution in [0.25, 0.3) is 0 Å². The second-order valence-electron chi connectivity index (χ2n) is 5.90. The van der Waals surface area contributed by atoms with Gasteiger partial charge < -0.3 is 20.3 Å². The number of esters is 1. The van der Waals surface area contributed by atoms with Gasteiger partial charge in [-0.2, -0.15) is 0 Å². The molecule has 0 spiro atoms. The number of ether oxygens (including phenoxy) is 1. The van der Waals surface area contributed by atoms with Crippen molar-refractivity contribution >= 4 is 17.8 Å². The Morgan fingerprint density at radius 3 is 2.33 bits per heavy atom. The molecule has 7 heteroatoms. The summed E-state index contributed by atoms with van der Waals surface area (Å²) in [5, 5.41) is 21.0. The molecule has 0 radical (unpaired) electrons. The van der Waals surface area contributed by atoms with Gasteiger partial charge in [0.05, 0.1) is 6.42 Å². The average Bonchev–Trinajstić information content (AvgIpc) is 2.52. The van der Waals surface area contributed by atoms with Crippen LogP contribution in [0.1, 0.15) is 32.3 Å². The van der Waals surface area contributed by atoms with E-state index in [4.69, 9.17) is 9.84 Å². The van der Waals surface area contributed by atoms with Gasteiger partial charge in [-0.3, -0.25) is 9.59 Å². The lowest BCUT2D eigenvalue weighted by atomic mass is 10.1.